The molecule has 2 aromatic heterocycles. The molecule has 0 N–H and O–H groups in total. The highest BCUT2D eigenvalue weighted by Crippen LogP contribution is 2.52. The van der Waals surface area contributed by atoms with Crippen LogP contribution in [0.25, 0.3) is 40.3 Å². The largest absolute Gasteiger partial charge is 0.310 e. The van der Waals surface area contributed by atoms with Crippen LogP contribution in [0.5, 0.6) is 0 Å². The van der Waals surface area contributed by atoms with Gasteiger partial charge in [-0.2, -0.15) is 0 Å². The summed E-state index contributed by atoms with van der Waals surface area (Å²) >= 11 is 3.69. The van der Waals surface area contributed by atoms with Crippen molar-refractivity contribution < 1.29 is 0 Å². The first kappa shape index (κ1) is 43.1. The third-order valence-electron chi connectivity index (χ3n) is 13.3. The van der Waals surface area contributed by atoms with Crippen LogP contribution in [-0.2, 0) is 0 Å². The van der Waals surface area contributed by atoms with Gasteiger partial charge in [-0.1, -0.05) is 152 Å². The maximum atomic E-state index is 2.46. The minimum absolute atomic E-state index is 1.04. The summed E-state index contributed by atoms with van der Waals surface area (Å²) in [5, 5.41) is 4.93. The number of fused-ring (bicyclic) bond motifs is 6. The van der Waals surface area contributed by atoms with Crippen LogP contribution in [0.1, 0.15) is 0 Å². The molecule has 0 saturated carbocycles. The molecule has 0 spiro atoms. The Morgan fingerprint density at radius 1 is 0.194 bits per heavy atom. The van der Waals surface area contributed by atoms with Gasteiger partial charge in [-0.25, -0.2) is 0 Å². The van der Waals surface area contributed by atoms with Crippen LogP contribution in [0, 0.1) is 0 Å². The van der Waals surface area contributed by atoms with E-state index in [0.29, 0.717) is 0 Å². The predicted octanol–water partition coefficient (Wildman–Crippen LogP) is 20.3. The molecule has 0 unspecified atom stereocenters. The molecule has 13 rings (SSSR count). The van der Waals surface area contributed by atoms with Gasteiger partial charge in [-0.05, 0) is 127 Å². The van der Waals surface area contributed by atoms with Crippen molar-refractivity contribution in [2.75, 3.05) is 19.6 Å². The molecule has 342 valence electrons. The van der Waals surface area contributed by atoms with Crippen molar-refractivity contribution in [3.05, 3.63) is 279 Å². The molecule has 0 fully saturated rings. The normalized spacial score (nSPS) is 11.3. The van der Waals surface area contributed by atoms with Gasteiger partial charge in [0, 0.05) is 97.2 Å². The number of thiophene rings is 2. The van der Waals surface area contributed by atoms with E-state index in [4.69, 9.17) is 0 Å². The number of benzene rings is 11. The van der Waals surface area contributed by atoms with E-state index in [-0.39, 0.29) is 0 Å². The quantitative estimate of drug-likeness (QED) is 0.121. The first-order valence-electron chi connectivity index (χ1n) is 24.2. The van der Waals surface area contributed by atoms with Crippen molar-refractivity contribution in [2.45, 2.75) is 0 Å². The maximum Gasteiger partial charge on any atom is 0.0575 e. The van der Waals surface area contributed by atoms with E-state index < -0.39 is 0 Å². The van der Waals surface area contributed by atoms with Gasteiger partial charge in [-0.3, -0.25) is 0 Å². The van der Waals surface area contributed by atoms with E-state index >= 15 is 0 Å². The summed E-state index contributed by atoms with van der Waals surface area (Å²) in [5.41, 5.74) is 12.9. The van der Waals surface area contributed by atoms with Gasteiger partial charge in [0.05, 0.1) is 11.4 Å². The zero-order chi connectivity index (χ0) is 47.8. The first-order valence-corrected chi connectivity index (χ1v) is 25.9. The van der Waals surface area contributed by atoms with E-state index in [1.165, 1.54) is 40.3 Å². The van der Waals surface area contributed by atoms with Gasteiger partial charge in [0.15, 0.2) is 0 Å². The molecule has 0 aliphatic rings. The third kappa shape index (κ3) is 7.89. The fraction of sp³-hybridized carbons (Fsp3) is 0. The molecule has 0 radical (unpaired) electrons. The summed E-state index contributed by atoms with van der Waals surface area (Å²) in [5.74, 6) is 0. The van der Waals surface area contributed by atoms with Crippen LogP contribution < -0.4 is 19.6 Å². The van der Waals surface area contributed by atoms with Crippen molar-refractivity contribution in [1.82, 2.24) is 0 Å². The predicted molar refractivity (Wildman–Crippen MR) is 311 cm³/mol. The second-order valence-corrected chi connectivity index (χ2v) is 19.9. The zero-order valence-electron chi connectivity index (χ0n) is 39.2. The minimum atomic E-state index is 1.04. The van der Waals surface area contributed by atoms with E-state index in [9.17, 15) is 0 Å². The molecule has 0 saturated heterocycles. The molecular weight excluding hydrogens is 913 g/mol. The lowest BCUT2D eigenvalue weighted by Crippen LogP contribution is -2.15. The van der Waals surface area contributed by atoms with E-state index in [1.807, 2.05) is 22.7 Å². The molecule has 4 nitrogen and oxygen atoms in total. The number of hydrogen-bond donors (Lipinski definition) is 0. The second-order valence-electron chi connectivity index (χ2n) is 17.7. The van der Waals surface area contributed by atoms with Gasteiger partial charge in [0.1, 0.15) is 0 Å². The summed E-state index contributed by atoms with van der Waals surface area (Å²) in [4.78, 5) is 9.67. The first-order chi connectivity index (χ1) is 35.7. The van der Waals surface area contributed by atoms with Gasteiger partial charge >= 0.3 is 0 Å². The van der Waals surface area contributed by atoms with Crippen LogP contribution >= 0.6 is 22.7 Å². The van der Waals surface area contributed by atoms with E-state index in [0.717, 1.165) is 68.2 Å². The van der Waals surface area contributed by atoms with Crippen LogP contribution in [0.2, 0.25) is 0 Å². The molecule has 2 heterocycles. The molecule has 6 heteroatoms. The monoisotopic (exact) mass is 958 g/mol. The smallest absolute Gasteiger partial charge is 0.0575 e. The molecule has 0 aliphatic carbocycles. The van der Waals surface area contributed by atoms with E-state index in [2.05, 4.69) is 299 Å². The summed E-state index contributed by atoms with van der Waals surface area (Å²) in [7, 11) is 0. The lowest BCUT2D eigenvalue weighted by atomic mass is 10.0. The number of anilines is 12. The summed E-state index contributed by atoms with van der Waals surface area (Å²) < 4.78 is 4.94. The highest BCUT2D eigenvalue weighted by atomic mass is 32.1. The number of nitrogens with zero attached hydrogens (tertiary/aromatic N) is 4. The Morgan fingerprint density at radius 3 is 0.847 bits per heavy atom. The number of para-hydroxylation sites is 6. The van der Waals surface area contributed by atoms with E-state index in [1.54, 1.807) is 0 Å². The summed E-state index contributed by atoms with van der Waals surface area (Å²) in [6.07, 6.45) is 0. The fourth-order valence-corrected chi connectivity index (χ4v) is 12.6. The Hall–Kier alpha value is -8.94. The molecule has 11 aromatic carbocycles. The highest BCUT2D eigenvalue weighted by Gasteiger charge is 2.26. The van der Waals surface area contributed by atoms with Gasteiger partial charge in [0.2, 0.25) is 0 Å². The molecular formula is C66H46N4S2. The molecule has 0 aliphatic heterocycles. The molecule has 72 heavy (non-hydrogen) atoms. The van der Waals surface area contributed by atoms with Crippen LogP contribution in [0.3, 0.4) is 0 Å². The van der Waals surface area contributed by atoms with Crippen LogP contribution in [-0.4, -0.2) is 0 Å². The van der Waals surface area contributed by atoms with Crippen molar-refractivity contribution in [2.24, 2.45) is 0 Å². The zero-order valence-corrected chi connectivity index (χ0v) is 40.8. The standard InChI is InChI=1S/C66H46N4S2/c1-7-24-47(25-8-1)67(48-26-9-2-10-27-48)55-43-60(66-58-39-20-22-41-62(58)71-63(66)45-55)70(52-34-17-6-18-35-52)54-37-23-36-53(42-54)68(49-28-11-3-12-29-49)56-44-59(65-57-38-19-21-40-61(57)72-64(65)46-56)69(50-30-13-4-14-31-50)51-32-15-5-16-33-51/h1-46H. The van der Waals surface area contributed by atoms with Gasteiger partial charge < -0.3 is 19.6 Å². The lowest BCUT2D eigenvalue weighted by molar-refractivity contribution is 1.24. The third-order valence-corrected chi connectivity index (χ3v) is 15.6. The molecule has 0 amide bonds. The fourth-order valence-electron chi connectivity index (χ4n) is 10.2. The average molecular weight is 959 g/mol. The Labute approximate surface area is 427 Å². The highest BCUT2D eigenvalue weighted by molar-refractivity contribution is 7.26. The molecule has 0 atom stereocenters. The lowest BCUT2D eigenvalue weighted by Gasteiger charge is -2.32. The Kier molecular flexibility index (Phi) is 11.2. The van der Waals surface area contributed by atoms with Crippen LogP contribution in [0.15, 0.2) is 279 Å². The number of rotatable bonds is 12. The van der Waals surface area contributed by atoms with Crippen molar-refractivity contribution >= 4 is 131 Å². The minimum Gasteiger partial charge on any atom is -0.310 e. The van der Waals surface area contributed by atoms with Crippen molar-refractivity contribution in [3.63, 3.8) is 0 Å². The average Bonchev–Trinajstić information content (AvgIpc) is 4.02. The van der Waals surface area contributed by atoms with Crippen molar-refractivity contribution in [3.8, 4) is 0 Å². The second kappa shape index (κ2) is 18.8. The van der Waals surface area contributed by atoms with Gasteiger partial charge in [-0.15, -0.1) is 22.7 Å². The van der Waals surface area contributed by atoms with Gasteiger partial charge in [0.25, 0.3) is 0 Å². The Bertz CT molecular complexity index is 3910. The topological polar surface area (TPSA) is 13.0 Å². The maximum absolute atomic E-state index is 2.46. The van der Waals surface area contributed by atoms with Crippen molar-refractivity contribution in [1.29, 1.82) is 0 Å². The molecule has 13 aromatic rings. The summed E-state index contributed by atoms with van der Waals surface area (Å²) in [6.45, 7) is 0. The Balaban J connectivity index is 1.05. The number of hydrogen-bond acceptors (Lipinski definition) is 6. The van der Waals surface area contributed by atoms with Crippen LogP contribution in [0.4, 0.5) is 68.2 Å². The SMILES string of the molecule is c1ccc(N(c2cccc(N(c3ccccc3)c3cc(N(c4ccccc4)c4ccccc4)cc4sc5ccccc5c34)c2)c2cc(N(c3ccccc3)c3ccccc3)c3c(c2)sc2ccccc23)cc1. The Morgan fingerprint density at radius 2 is 0.472 bits per heavy atom. The summed E-state index contributed by atoms with van der Waals surface area (Å²) in [6, 6.07) is 101. The molecule has 0 bridgehead atoms.